The highest BCUT2D eigenvalue weighted by atomic mass is 16.6. The average Bonchev–Trinajstić information content (AvgIpc) is 2.97. The molecule has 1 aromatic carbocycles. The van der Waals surface area contributed by atoms with Crippen LogP contribution in [0.1, 0.15) is 5.56 Å². The Bertz CT molecular complexity index is 816. The molecule has 0 spiro atoms. The zero-order valence-electron chi connectivity index (χ0n) is 16.2. The molecule has 1 aromatic rings. The minimum Gasteiger partial charge on any atom is -0.395 e. The normalized spacial score (nSPS) is 17.9. The van der Waals surface area contributed by atoms with E-state index < -0.39 is 16.7 Å². The van der Waals surface area contributed by atoms with Crippen molar-refractivity contribution in [2.45, 2.75) is 0 Å². The third kappa shape index (κ3) is 4.44. The molecule has 10 heteroatoms. The maximum atomic E-state index is 13.1. The van der Waals surface area contributed by atoms with Gasteiger partial charge in [0.2, 0.25) is 0 Å². The van der Waals surface area contributed by atoms with Crippen molar-refractivity contribution in [3.63, 3.8) is 0 Å². The summed E-state index contributed by atoms with van der Waals surface area (Å²) in [6.07, 6.45) is 0. The Kier molecular flexibility index (Phi) is 6.57. The Hall–Kier alpha value is -2.82. The van der Waals surface area contributed by atoms with E-state index in [4.69, 9.17) is 4.74 Å². The molecule has 1 fully saturated rings. The monoisotopic (exact) mass is 404 g/mol. The molecule has 2 amide bonds. The number of aliphatic hydroxyl groups is 1. The zero-order chi connectivity index (χ0) is 21.0. The number of amides is 2. The largest absolute Gasteiger partial charge is 0.395 e. The molecule has 10 nitrogen and oxygen atoms in total. The standard InChI is InChI=1S/C19H24N4O6/c1-20(8-11-24)17-16(14-2-4-15(5-3-14)23(27)28)18(25)22(19(17)26)7-6-21-9-12-29-13-10-21/h2-5,24H,6-13H2,1H3. The van der Waals surface area contributed by atoms with Crippen molar-refractivity contribution in [1.82, 2.24) is 14.7 Å². The summed E-state index contributed by atoms with van der Waals surface area (Å²) >= 11 is 0. The third-order valence-corrected chi connectivity index (χ3v) is 5.07. The van der Waals surface area contributed by atoms with E-state index >= 15 is 0 Å². The molecule has 0 radical (unpaired) electrons. The summed E-state index contributed by atoms with van der Waals surface area (Å²) in [7, 11) is 1.63. The number of carbonyl (C=O) groups excluding carboxylic acids is 2. The predicted octanol–water partition coefficient (Wildman–Crippen LogP) is -0.0690. The van der Waals surface area contributed by atoms with Crippen LogP contribution in [0.2, 0.25) is 0 Å². The highest BCUT2D eigenvalue weighted by Crippen LogP contribution is 2.31. The fourth-order valence-corrected chi connectivity index (χ4v) is 3.46. The number of nitro groups is 1. The minimum absolute atomic E-state index is 0.0967. The topological polar surface area (TPSA) is 116 Å². The van der Waals surface area contributed by atoms with E-state index in [1.54, 1.807) is 11.9 Å². The molecule has 0 aliphatic carbocycles. The van der Waals surface area contributed by atoms with Crippen molar-refractivity contribution in [2.24, 2.45) is 0 Å². The van der Waals surface area contributed by atoms with Crippen LogP contribution in [0.3, 0.4) is 0 Å². The van der Waals surface area contributed by atoms with Crippen LogP contribution in [0.25, 0.3) is 5.57 Å². The molecule has 29 heavy (non-hydrogen) atoms. The molecule has 1 N–H and O–H groups in total. The number of non-ortho nitro benzene ring substituents is 1. The van der Waals surface area contributed by atoms with Crippen molar-refractivity contribution in [1.29, 1.82) is 0 Å². The first-order chi connectivity index (χ1) is 13.9. The van der Waals surface area contributed by atoms with Gasteiger partial charge in [-0.25, -0.2) is 0 Å². The Labute approximate surface area is 168 Å². The lowest BCUT2D eigenvalue weighted by atomic mass is 10.0. The first-order valence-corrected chi connectivity index (χ1v) is 9.41. The second-order valence-corrected chi connectivity index (χ2v) is 6.89. The minimum atomic E-state index is -0.521. The molecule has 2 aliphatic rings. The number of hydrogen-bond acceptors (Lipinski definition) is 8. The van der Waals surface area contributed by atoms with E-state index in [0.29, 0.717) is 25.3 Å². The molecule has 2 aliphatic heterocycles. The van der Waals surface area contributed by atoms with Crippen LogP contribution in [0, 0.1) is 10.1 Å². The van der Waals surface area contributed by atoms with Crippen LogP contribution < -0.4 is 0 Å². The Morgan fingerprint density at radius 3 is 2.38 bits per heavy atom. The summed E-state index contributed by atoms with van der Waals surface area (Å²) < 4.78 is 5.31. The van der Waals surface area contributed by atoms with E-state index in [9.17, 15) is 24.8 Å². The molecule has 0 atom stereocenters. The predicted molar refractivity (Wildman–Crippen MR) is 104 cm³/mol. The van der Waals surface area contributed by atoms with E-state index in [0.717, 1.165) is 13.1 Å². The number of hydrogen-bond donors (Lipinski definition) is 1. The van der Waals surface area contributed by atoms with E-state index in [-0.39, 0.29) is 36.7 Å². The van der Waals surface area contributed by atoms with Crippen LogP contribution >= 0.6 is 0 Å². The van der Waals surface area contributed by atoms with Crippen molar-refractivity contribution < 1.29 is 24.4 Å². The number of ether oxygens (including phenoxy) is 1. The van der Waals surface area contributed by atoms with Crippen LogP contribution in [-0.2, 0) is 14.3 Å². The van der Waals surface area contributed by atoms with Gasteiger partial charge in [0.15, 0.2) is 0 Å². The van der Waals surface area contributed by atoms with Gasteiger partial charge in [-0.05, 0) is 17.7 Å². The molecule has 3 rings (SSSR count). The van der Waals surface area contributed by atoms with Gasteiger partial charge < -0.3 is 14.7 Å². The number of nitro benzene ring substituents is 1. The van der Waals surface area contributed by atoms with E-state index in [2.05, 4.69) is 4.90 Å². The molecule has 0 bridgehead atoms. The Morgan fingerprint density at radius 1 is 1.14 bits per heavy atom. The van der Waals surface area contributed by atoms with Gasteiger partial charge in [0.25, 0.3) is 17.5 Å². The number of benzene rings is 1. The van der Waals surface area contributed by atoms with E-state index in [1.165, 1.54) is 29.2 Å². The van der Waals surface area contributed by atoms with E-state index in [1.807, 2.05) is 0 Å². The number of morpholine rings is 1. The molecule has 0 saturated carbocycles. The van der Waals surface area contributed by atoms with Crippen LogP contribution in [-0.4, -0.2) is 96.1 Å². The summed E-state index contributed by atoms with van der Waals surface area (Å²) in [5.74, 6) is -0.857. The van der Waals surface area contributed by atoms with Gasteiger partial charge in [-0.2, -0.15) is 0 Å². The molecule has 1 saturated heterocycles. The van der Waals surface area contributed by atoms with Gasteiger partial charge in [0, 0.05) is 51.9 Å². The first-order valence-electron chi connectivity index (χ1n) is 9.41. The number of likely N-dealkylation sites (N-methyl/N-ethyl adjacent to an activating group) is 1. The zero-order valence-corrected chi connectivity index (χ0v) is 16.2. The molecular weight excluding hydrogens is 380 g/mol. The SMILES string of the molecule is CN(CCO)C1=C(c2ccc([N+](=O)[O-])cc2)C(=O)N(CCN2CCOCC2)C1=O. The fourth-order valence-electron chi connectivity index (χ4n) is 3.46. The number of aliphatic hydroxyl groups excluding tert-OH is 1. The Balaban J connectivity index is 1.87. The molecule has 0 aromatic heterocycles. The van der Waals surface area contributed by atoms with Gasteiger partial charge in [-0.15, -0.1) is 0 Å². The summed E-state index contributed by atoms with van der Waals surface area (Å²) in [4.78, 5) is 41.4. The number of imide groups is 1. The number of rotatable bonds is 8. The number of nitrogens with zero attached hydrogens (tertiary/aromatic N) is 4. The van der Waals surface area contributed by atoms with Crippen molar-refractivity contribution in [2.75, 3.05) is 59.6 Å². The second kappa shape index (κ2) is 9.12. The summed E-state index contributed by atoms with van der Waals surface area (Å²) in [5.41, 5.74) is 0.728. The van der Waals surface area contributed by atoms with Gasteiger partial charge in [0.05, 0.1) is 30.3 Å². The highest BCUT2D eigenvalue weighted by Gasteiger charge is 2.40. The summed E-state index contributed by atoms with van der Waals surface area (Å²) in [6, 6.07) is 5.55. The quantitative estimate of drug-likeness (QED) is 0.364. The second-order valence-electron chi connectivity index (χ2n) is 6.89. The lowest BCUT2D eigenvalue weighted by Crippen LogP contribution is -2.44. The number of carbonyl (C=O) groups is 2. The lowest BCUT2D eigenvalue weighted by Gasteiger charge is -2.28. The maximum absolute atomic E-state index is 13.1. The molecule has 156 valence electrons. The smallest absolute Gasteiger partial charge is 0.277 e. The highest BCUT2D eigenvalue weighted by molar-refractivity contribution is 6.35. The van der Waals surface area contributed by atoms with Gasteiger partial charge in [-0.1, -0.05) is 0 Å². The van der Waals surface area contributed by atoms with Gasteiger partial charge in [0.1, 0.15) is 5.70 Å². The maximum Gasteiger partial charge on any atom is 0.277 e. The lowest BCUT2D eigenvalue weighted by molar-refractivity contribution is -0.384. The van der Waals surface area contributed by atoms with Crippen molar-refractivity contribution in [3.05, 3.63) is 45.6 Å². The average molecular weight is 404 g/mol. The first kappa shape index (κ1) is 20.9. The van der Waals surface area contributed by atoms with Crippen molar-refractivity contribution in [3.8, 4) is 0 Å². The fraction of sp³-hybridized carbons (Fsp3) is 0.474. The van der Waals surface area contributed by atoms with Crippen molar-refractivity contribution >= 4 is 23.1 Å². The molecule has 2 heterocycles. The summed E-state index contributed by atoms with van der Waals surface area (Å²) in [6.45, 7) is 3.53. The molecular formula is C19H24N4O6. The Morgan fingerprint density at radius 2 is 1.79 bits per heavy atom. The molecule has 0 unspecified atom stereocenters. The van der Waals surface area contributed by atoms with Crippen LogP contribution in [0.15, 0.2) is 30.0 Å². The van der Waals surface area contributed by atoms with Gasteiger partial charge in [-0.3, -0.25) is 29.5 Å². The van der Waals surface area contributed by atoms with Gasteiger partial charge >= 0.3 is 0 Å². The van der Waals surface area contributed by atoms with Crippen LogP contribution in [0.5, 0.6) is 0 Å². The third-order valence-electron chi connectivity index (χ3n) is 5.07. The summed E-state index contributed by atoms with van der Waals surface area (Å²) in [5, 5.41) is 20.2. The van der Waals surface area contributed by atoms with Crippen LogP contribution in [0.4, 0.5) is 5.69 Å².